The second-order valence-electron chi connectivity index (χ2n) is 5.47. The predicted molar refractivity (Wildman–Crippen MR) is 82.1 cm³/mol. The van der Waals surface area contributed by atoms with Crippen LogP contribution in [-0.2, 0) is 6.54 Å². The fraction of sp³-hybridized carbons (Fsp3) is 0.625. The highest BCUT2D eigenvalue weighted by Gasteiger charge is 2.11. The summed E-state index contributed by atoms with van der Waals surface area (Å²) < 4.78 is 0. The monoisotopic (exact) mass is 261 g/mol. The van der Waals surface area contributed by atoms with Crippen molar-refractivity contribution in [2.45, 2.75) is 32.7 Å². The molecule has 0 radical (unpaired) electrons. The number of benzene rings is 1. The van der Waals surface area contributed by atoms with Crippen molar-refractivity contribution in [1.29, 1.82) is 0 Å². The van der Waals surface area contributed by atoms with Gasteiger partial charge in [0.05, 0.1) is 0 Å². The lowest BCUT2D eigenvalue weighted by Gasteiger charge is -2.23. The van der Waals surface area contributed by atoms with E-state index in [1.807, 2.05) is 12.1 Å². The summed E-state index contributed by atoms with van der Waals surface area (Å²) in [6.07, 6.45) is 4.04. The van der Waals surface area contributed by atoms with Gasteiger partial charge in [0.25, 0.3) is 0 Å². The van der Waals surface area contributed by atoms with Crippen LogP contribution in [0, 0.1) is 0 Å². The Kier molecular flexibility index (Phi) is 5.67. The summed E-state index contributed by atoms with van der Waals surface area (Å²) in [5.74, 6) is 0. The molecule has 0 amide bonds. The van der Waals surface area contributed by atoms with E-state index in [1.165, 1.54) is 51.0 Å². The Morgan fingerprint density at radius 1 is 1.21 bits per heavy atom. The van der Waals surface area contributed by atoms with Crippen LogP contribution in [0.15, 0.2) is 24.3 Å². The molecule has 106 valence electrons. The molecule has 3 nitrogen and oxygen atoms in total. The number of nitrogens with two attached hydrogens (primary N) is 1. The number of hydrogen-bond acceptors (Lipinski definition) is 3. The summed E-state index contributed by atoms with van der Waals surface area (Å²) in [6.45, 7) is 9.32. The summed E-state index contributed by atoms with van der Waals surface area (Å²) in [4.78, 5) is 5.08. The van der Waals surface area contributed by atoms with Crippen LogP contribution in [0.4, 0.5) is 5.69 Å². The van der Waals surface area contributed by atoms with Crippen LogP contribution in [-0.4, -0.2) is 42.5 Å². The van der Waals surface area contributed by atoms with E-state index in [9.17, 15) is 0 Å². The summed E-state index contributed by atoms with van der Waals surface area (Å²) in [7, 11) is 0. The van der Waals surface area contributed by atoms with Crippen LogP contribution in [0.1, 0.15) is 31.7 Å². The Morgan fingerprint density at radius 3 is 2.63 bits per heavy atom. The van der Waals surface area contributed by atoms with Gasteiger partial charge in [0, 0.05) is 12.2 Å². The Balaban J connectivity index is 1.75. The van der Waals surface area contributed by atoms with Gasteiger partial charge in [-0.3, -0.25) is 4.90 Å². The topological polar surface area (TPSA) is 32.5 Å². The summed E-state index contributed by atoms with van der Waals surface area (Å²) in [6, 6.07) is 8.21. The van der Waals surface area contributed by atoms with Crippen LogP contribution < -0.4 is 5.73 Å². The van der Waals surface area contributed by atoms with Crippen LogP contribution in [0.2, 0.25) is 0 Å². The van der Waals surface area contributed by atoms with E-state index in [0.29, 0.717) is 0 Å². The van der Waals surface area contributed by atoms with Gasteiger partial charge in [0.2, 0.25) is 0 Å². The Labute approximate surface area is 117 Å². The van der Waals surface area contributed by atoms with E-state index >= 15 is 0 Å². The van der Waals surface area contributed by atoms with E-state index in [-0.39, 0.29) is 0 Å². The molecule has 0 atom stereocenters. The number of para-hydroxylation sites is 1. The summed E-state index contributed by atoms with van der Waals surface area (Å²) in [5.41, 5.74) is 8.19. The molecule has 1 aliphatic rings. The minimum absolute atomic E-state index is 0.917. The van der Waals surface area contributed by atoms with Crippen LogP contribution >= 0.6 is 0 Å². The molecule has 19 heavy (non-hydrogen) atoms. The maximum atomic E-state index is 6.02. The Morgan fingerprint density at radius 2 is 1.95 bits per heavy atom. The number of anilines is 1. The maximum absolute atomic E-state index is 6.02. The molecule has 1 aromatic carbocycles. The van der Waals surface area contributed by atoms with Gasteiger partial charge in [-0.05, 0) is 63.6 Å². The molecule has 0 aromatic heterocycles. The van der Waals surface area contributed by atoms with Gasteiger partial charge in [-0.2, -0.15) is 0 Å². The van der Waals surface area contributed by atoms with Crippen molar-refractivity contribution in [2.24, 2.45) is 0 Å². The third-order valence-corrected chi connectivity index (χ3v) is 4.04. The highest BCUT2D eigenvalue weighted by molar-refractivity contribution is 5.46. The van der Waals surface area contributed by atoms with Crippen molar-refractivity contribution in [3.05, 3.63) is 29.8 Å². The van der Waals surface area contributed by atoms with E-state index in [4.69, 9.17) is 5.73 Å². The second kappa shape index (κ2) is 7.51. The zero-order valence-electron chi connectivity index (χ0n) is 12.1. The minimum Gasteiger partial charge on any atom is -0.398 e. The molecule has 1 saturated heterocycles. The lowest BCUT2D eigenvalue weighted by molar-refractivity contribution is 0.248. The van der Waals surface area contributed by atoms with Crippen molar-refractivity contribution in [3.8, 4) is 0 Å². The molecule has 1 aliphatic heterocycles. The fourth-order valence-electron chi connectivity index (χ4n) is 2.79. The Hall–Kier alpha value is -1.06. The molecule has 1 aromatic rings. The van der Waals surface area contributed by atoms with E-state index in [2.05, 4.69) is 28.9 Å². The maximum Gasteiger partial charge on any atom is 0.0359 e. The number of nitrogens with zero attached hydrogens (tertiary/aromatic N) is 2. The Bertz CT molecular complexity index is 372. The quantitative estimate of drug-likeness (QED) is 0.766. The normalized spacial score (nSPS) is 16.3. The van der Waals surface area contributed by atoms with Crippen LogP contribution in [0.3, 0.4) is 0 Å². The highest BCUT2D eigenvalue weighted by Crippen LogP contribution is 2.14. The fourth-order valence-corrected chi connectivity index (χ4v) is 2.79. The molecular weight excluding hydrogens is 234 g/mol. The third-order valence-electron chi connectivity index (χ3n) is 4.04. The average molecular weight is 261 g/mol. The molecule has 2 rings (SSSR count). The average Bonchev–Trinajstić information content (AvgIpc) is 2.93. The van der Waals surface area contributed by atoms with Crippen molar-refractivity contribution in [1.82, 2.24) is 9.80 Å². The van der Waals surface area contributed by atoms with E-state index in [0.717, 1.165) is 18.8 Å². The van der Waals surface area contributed by atoms with Crippen molar-refractivity contribution < 1.29 is 0 Å². The van der Waals surface area contributed by atoms with Gasteiger partial charge in [0.1, 0.15) is 0 Å². The first-order valence-corrected chi connectivity index (χ1v) is 7.57. The largest absolute Gasteiger partial charge is 0.398 e. The third kappa shape index (κ3) is 4.51. The van der Waals surface area contributed by atoms with Crippen molar-refractivity contribution >= 4 is 5.69 Å². The molecule has 0 aliphatic carbocycles. The van der Waals surface area contributed by atoms with Crippen molar-refractivity contribution in [2.75, 3.05) is 38.5 Å². The van der Waals surface area contributed by atoms with Gasteiger partial charge in [-0.25, -0.2) is 0 Å². The molecular formula is C16H27N3. The van der Waals surface area contributed by atoms with Crippen molar-refractivity contribution in [3.63, 3.8) is 0 Å². The van der Waals surface area contributed by atoms with E-state index in [1.54, 1.807) is 0 Å². The smallest absolute Gasteiger partial charge is 0.0359 e. The first-order valence-electron chi connectivity index (χ1n) is 7.57. The number of likely N-dealkylation sites (tertiary alicyclic amines) is 1. The van der Waals surface area contributed by atoms with E-state index < -0.39 is 0 Å². The van der Waals surface area contributed by atoms with Gasteiger partial charge >= 0.3 is 0 Å². The lowest BCUT2D eigenvalue weighted by Crippen LogP contribution is -2.28. The SMILES string of the molecule is CCN(CCCN1CCCC1)Cc1ccccc1N. The number of hydrogen-bond donors (Lipinski definition) is 1. The highest BCUT2D eigenvalue weighted by atomic mass is 15.2. The zero-order valence-corrected chi connectivity index (χ0v) is 12.1. The standard InChI is InChI=1S/C16H27N3/c1-2-18(12-7-13-19-10-5-6-11-19)14-15-8-3-4-9-16(15)17/h3-4,8-9H,2,5-7,10-14,17H2,1H3. The molecule has 1 heterocycles. The first-order chi connectivity index (χ1) is 9.29. The number of rotatable bonds is 7. The zero-order chi connectivity index (χ0) is 13.5. The van der Waals surface area contributed by atoms with Gasteiger partial charge in [-0.1, -0.05) is 25.1 Å². The first kappa shape index (κ1) is 14.4. The molecule has 2 N–H and O–H groups in total. The molecule has 1 fully saturated rings. The van der Waals surface area contributed by atoms with Gasteiger partial charge < -0.3 is 10.6 Å². The summed E-state index contributed by atoms with van der Waals surface area (Å²) in [5, 5.41) is 0. The number of nitrogen functional groups attached to an aromatic ring is 1. The molecule has 0 spiro atoms. The predicted octanol–water partition coefficient (Wildman–Crippen LogP) is 2.58. The molecule has 0 bridgehead atoms. The minimum atomic E-state index is 0.917. The molecule has 0 saturated carbocycles. The van der Waals surface area contributed by atoms with Crippen LogP contribution in [0.5, 0.6) is 0 Å². The molecule has 0 unspecified atom stereocenters. The lowest BCUT2D eigenvalue weighted by atomic mass is 10.1. The van der Waals surface area contributed by atoms with Crippen LogP contribution in [0.25, 0.3) is 0 Å². The second-order valence-corrected chi connectivity index (χ2v) is 5.47. The van der Waals surface area contributed by atoms with Gasteiger partial charge in [-0.15, -0.1) is 0 Å². The van der Waals surface area contributed by atoms with Gasteiger partial charge in [0.15, 0.2) is 0 Å². The summed E-state index contributed by atoms with van der Waals surface area (Å²) >= 11 is 0. The molecule has 3 heteroatoms.